The number of aromatic carboxylic acids is 1. The minimum Gasteiger partial charge on any atom is -0.478 e. The highest BCUT2D eigenvalue weighted by atomic mass is 32.1. The van der Waals surface area contributed by atoms with Crippen LogP contribution in [0.5, 0.6) is 0 Å². The van der Waals surface area contributed by atoms with Gasteiger partial charge in [0.2, 0.25) is 0 Å². The average molecular weight is 528 g/mol. The van der Waals surface area contributed by atoms with Gasteiger partial charge in [0.05, 0.1) is 16.8 Å². The maximum Gasteiger partial charge on any atom is 0.416 e. The summed E-state index contributed by atoms with van der Waals surface area (Å²) in [6, 6.07) is 10.5. The number of carbonyl (C=O) groups excluding carboxylic acids is 2. The monoisotopic (exact) mass is 527 g/mol. The van der Waals surface area contributed by atoms with Crippen LogP contribution >= 0.6 is 12.2 Å². The first-order chi connectivity index (χ1) is 17.3. The van der Waals surface area contributed by atoms with Gasteiger partial charge in [-0.25, -0.2) is 4.79 Å². The van der Waals surface area contributed by atoms with E-state index in [4.69, 9.17) is 12.2 Å². The number of thiocarbonyl (C=S) groups is 1. The van der Waals surface area contributed by atoms with Crippen molar-refractivity contribution >= 4 is 46.9 Å². The minimum absolute atomic E-state index is 0.0973. The number of hydrogen-bond acceptors (Lipinski definition) is 4. The molecule has 0 spiro atoms. The first-order valence-electron chi connectivity index (χ1n) is 10.9. The van der Waals surface area contributed by atoms with E-state index in [1.165, 1.54) is 24.3 Å². The summed E-state index contributed by atoms with van der Waals surface area (Å²) in [7, 11) is 0. The summed E-state index contributed by atoms with van der Waals surface area (Å²) in [5.41, 5.74) is 1.92. The van der Waals surface area contributed by atoms with Crippen molar-refractivity contribution in [3.63, 3.8) is 0 Å². The fraction of sp³-hybridized carbons (Fsp3) is 0.154. The summed E-state index contributed by atoms with van der Waals surface area (Å²) in [5, 5.41) is 11.4. The quantitative estimate of drug-likeness (QED) is 0.285. The summed E-state index contributed by atoms with van der Waals surface area (Å²) in [6.07, 6.45) is -3.29. The summed E-state index contributed by atoms with van der Waals surface area (Å²) < 4.78 is 41.5. The van der Waals surface area contributed by atoms with Gasteiger partial charge in [-0.15, -0.1) is 0 Å². The fourth-order valence-electron chi connectivity index (χ4n) is 4.16. The molecule has 2 amide bonds. The smallest absolute Gasteiger partial charge is 0.416 e. The number of aromatic nitrogens is 1. The Labute approximate surface area is 214 Å². The molecule has 7 nitrogen and oxygen atoms in total. The third-order valence-corrected chi connectivity index (χ3v) is 6.29. The second-order valence-corrected chi connectivity index (χ2v) is 8.86. The molecule has 1 saturated heterocycles. The van der Waals surface area contributed by atoms with E-state index < -0.39 is 29.5 Å². The molecule has 0 bridgehead atoms. The lowest BCUT2D eigenvalue weighted by Gasteiger charge is -2.29. The van der Waals surface area contributed by atoms with E-state index in [0.717, 1.165) is 28.7 Å². The molecule has 3 aromatic rings. The zero-order chi connectivity index (χ0) is 27.2. The Balaban J connectivity index is 1.79. The average Bonchev–Trinajstić information content (AvgIpc) is 3.09. The van der Waals surface area contributed by atoms with Crippen LogP contribution in [0, 0.1) is 20.8 Å². The predicted octanol–water partition coefficient (Wildman–Crippen LogP) is 4.95. The van der Waals surface area contributed by atoms with Gasteiger partial charge < -0.3 is 9.67 Å². The summed E-state index contributed by atoms with van der Waals surface area (Å²) in [4.78, 5) is 38.3. The maximum atomic E-state index is 13.3. The zero-order valence-electron chi connectivity index (χ0n) is 19.8. The van der Waals surface area contributed by atoms with Crippen molar-refractivity contribution < 1.29 is 32.7 Å². The Morgan fingerprint density at radius 2 is 1.76 bits per heavy atom. The van der Waals surface area contributed by atoms with Crippen LogP contribution in [0.15, 0.2) is 54.1 Å². The lowest BCUT2D eigenvalue weighted by atomic mass is 10.1. The lowest BCUT2D eigenvalue weighted by Crippen LogP contribution is -2.54. The summed E-state index contributed by atoms with van der Waals surface area (Å²) in [5.74, 6) is -2.74. The lowest BCUT2D eigenvalue weighted by molar-refractivity contribution is -0.137. The number of carboxylic acid groups (broad SMARTS) is 1. The Kier molecular flexibility index (Phi) is 6.51. The molecule has 190 valence electrons. The molecule has 1 aliphatic heterocycles. The third kappa shape index (κ3) is 4.77. The van der Waals surface area contributed by atoms with Gasteiger partial charge in [-0.3, -0.25) is 19.8 Å². The number of benzene rings is 2. The maximum absolute atomic E-state index is 13.3. The molecule has 2 heterocycles. The number of anilines is 1. The standard InChI is InChI=1S/C26H20F3N3O4S/c1-13-7-8-16(24(35)36)11-21(13)31-14(2)9-17(15(31)3)10-20-22(33)30-25(37)32(23(20)34)19-6-4-5-18(12-19)26(27,28)29/h4-12H,1-3H3,(H,35,36)(H,30,33,37)/b20-10+. The van der Waals surface area contributed by atoms with Crippen molar-refractivity contribution in [3.05, 3.63) is 87.7 Å². The SMILES string of the molecule is Cc1ccc(C(=O)O)cc1-n1c(C)cc(/C=C2\C(=O)NC(=S)N(c3cccc(C(F)(F)F)c3)C2=O)c1C. The highest BCUT2D eigenvalue weighted by molar-refractivity contribution is 7.80. The first kappa shape index (κ1) is 25.8. The largest absolute Gasteiger partial charge is 0.478 e. The van der Waals surface area contributed by atoms with E-state index in [-0.39, 0.29) is 21.9 Å². The highest BCUT2D eigenvalue weighted by Gasteiger charge is 2.37. The molecule has 11 heteroatoms. The molecule has 1 fully saturated rings. The van der Waals surface area contributed by atoms with Crippen LogP contribution in [-0.4, -0.2) is 32.6 Å². The Bertz CT molecular complexity index is 1520. The Morgan fingerprint density at radius 3 is 2.41 bits per heavy atom. The molecule has 0 unspecified atom stereocenters. The van der Waals surface area contributed by atoms with Gasteiger partial charge in [-0.05, 0) is 86.6 Å². The number of nitrogens with one attached hydrogen (secondary N) is 1. The number of alkyl halides is 3. The third-order valence-electron chi connectivity index (χ3n) is 6.00. The Hall–Kier alpha value is -4.25. The summed E-state index contributed by atoms with van der Waals surface area (Å²) >= 11 is 5.09. The second-order valence-electron chi connectivity index (χ2n) is 8.47. The van der Waals surface area contributed by atoms with Crippen LogP contribution in [0.4, 0.5) is 18.9 Å². The molecule has 4 rings (SSSR count). The van der Waals surface area contributed by atoms with Crippen LogP contribution in [0.25, 0.3) is 11.8 Å². The van der Waals surface area contributed by atoms with Gasteiger partial charge in [0.1, 0.15) is 5.57 Å². The van der Waals surface area contributed by atoms with Crippen molar-refractivity contribution in [2.24, 2.45) is 0 Å². The molecule has 1 aromatic heterocycles. The van der Waals surface area contributed by atoms with Crippen molar-refractivity contribution in [2.75, 3.05) is 4.90 Å². The minimum atomic E-state index is -4.63. The van der Waals surface area contributed by atoms with Gasteiger partial charge in [-0.2, -0.15) is 13.2 Å². The van der Waals surface area contributed by atoms with Crippen LogP contribution in [0.2, 0.25) is 0 Å². The van der Waals surface area contributed by atoms with Crippen LogP contribution in [0.1, 0.15) is 38.4 Å². The molecule has 0 atom stereocenters. The van der Waals surface area contributed by atoms with Crippen molar-refractivity contribution in [1.29, 1.82) is 0 Å². The predicted molar refractivity (Wildman–Crippen MR) is 135 cm³/mol. The fourth-order valence-corrected chi connectivity index (χ4v) is 4.44. The van der Waals surface area contributed by atoms with Gasteiger partial charge in [0, 0.05) is 17.1 Å². The number of carbonyl (C=O) groups is 3. The number of amides is 2. The second kappa shape index (κ2) is 9.32. The number of rotatable bonds is 4. The van der Waals surface area contributed by atoms with E-state index in [2.05, 4.69) is 5.32 Å². The van der Waals surface area contributed by atoms with E-state index in [0.29, 0.717) is 22.6 Å². The van der Waals surface area contributed by atoms with Crippen LogP contribution < -0.4 is 10.2 Å². The highest BCUT2D eigenvalue weighted by Crippen LogP contribution is 2.33. The van der Waals surface area contributed by atoms with Gasteiger partial charge >= 0.3 is 12.1 Å². The Morgan fingerprint density at radius 1 is 1.05 bits per heavy atom. The zero-order valence-corrected chi connectivity index (χ0v) is 20.6. The first-order valence-corrected chi connectivity index (χ1v) is 11.3. The number of carboxylic acids is 1. The molecule has 0 aliphatic carbocycles. The normalized spacial score (nSPS) is 15.4. The topological polar surface area (TPSA) is 91.6 Å². The van der Waals surface area contributed by atoms with Gasteiger partial charge in [-0.1, -0.05) is 12.1 Å². The van der Waals surface area contributed by atoms with E-state index in [9.17, 15) is 32.7 Å². The molecule has 2 N–H and O–H groups in total. The van der Waals surface area contributed by atoms with E-state index in [1.54, 1.807) is 30.5 Å². The van der Waals surface area contributed by atoms with Crippen LogP contribution in [0.3, 0.4) is 0 Å². The van der Waals surface area contributed by atoms with E-state index in [1.807, 2.05) is 6.92 Å². The van der Waals surface area contributed by atoms with Gasteiger partial charge in [0.25, 0.3) is 11.8 Å². The number of aryl methyl sites for hydroxylation is 2. The number of hydrogen-bond donors (Lipinski definition) is 2. The molecule has 0 saturated carbocycles. The van der Waals surface area contributed by atoms with Crippen molar-refractivity contribution in [2.45, 2.75) is 26.9 Å². The molecule has 1 aliphatic rings. The number of nitrogens with zero attached hydrogens (tertiary/aromatic N) is 2. The number of halogens is 3. The molecular formula is C26H20F3N3O4S. The van der Waals surface area contributed by atoms with Crippen LogP contribution in [-0.2, 0) is 15.8 Å². The summed E-state index contributed by atoms with van der Waals surface area (Å²) in [6.45, 7) is 5.35. The van der Waals surface area contributed by atoms with Crippen molar-refractivity contribution in [3.8, 4) is 5.69 Å². The van der Waals surface area contributed by atoms with Crippen molar-refractivity contribution in [1.82, 2.24) is 9.88 Å². The molecule has 0 radical (unpaired) electrons. The van der Waals surface area contributed by atoms with E-state index >= 15 is 0 Å². The molecular weight excluding hydrogens is 507 g/mol. The molecule has 37 heavy (non-hydrogen) atoms. The molecule has 2 aromatic carbocycles. The van der Waals surface area contributed by atoms with Gasteiger partial charge in [0.15, 0.2) is 5.11 Å².